The van der Waals surface area contributed by atoms with E-state index in [0.717, 1.165) is 24.3 Å². The number of hydrogen-bond donors (Lipinski definition) is 0. The molecule has 1 aliphatic rings. The number of rotatable bonds is 3. The standard InChI is InChI=1S/C12H14ClN3/c1-2-3-11-14-12-7-9(8-4-5-8)6-10(13)16(12)15-11/h6-8H,2-5H2,1H3. The van der Waals surface area contributed by atoms with Crippen molar-refractivity contribution in [2.24, 2.45) is 0 Å². The molecule has 0 radical (unpaired) electrons. The van der Waals surface area contributed by atoms with E-state index in [1.807, 2.05) is 6.07 Å². The maximum atomic E-state index is 6.21. The van der Waals surface area contributed by atoms with Gasteiger partial charge in [0.05, 0.1) is 0 Å². The van der Waals surface area contributed by atoms with Crippen LogP contribution in [-0.4, -0.2) is 14.6 Å². The van der Waals surface area contributed by atoms with Crippen LogP contribution in [-0.2, 0) is 6.42 Å². The molecule has 0 atom stereocenters. The van der Waals surface area contributed by atoms with E-state index in [1.54, 1.807) is 4.52 Å². The second-order valence-electron chi connectivity index (χ2n) is 4.43. The van der Waals surface area contributed by atoms with Crippen molar-refractivity contribution >= 4 is 17.2 Å². The largest absolute Gasteiger partial charge is 0.212 e. The monoisotopic (exact) mass is 235 g/mol. The lowest BCUT2D eigenvalue weighted by atomic mass is 10.2. The highest BCUT2D eigenvalue weighted by Crippen LogP contribution is 2.41. The van der Waals surface area contributed by atoms with Crippen LogP contribution < -0.4 is 0 Å². The van der Waals surface area contributed by atoms with Gasteiger partial charge in [0.25, 0.3) is 0 Å². The molecule has 0 aromatic carbocycles. The molecule has 0 N–H and O–H groups in total. The number of nitrogens with zero attached hydrogens (tertiary/aromatic N) is 3. The summed E-state index contributed by atoms with van der Waals surface area (Å²) in [4.78, 5) is 4.50. The fourth-order valence-electron chi connectivity index (χ4n) is 1.99. The molecule has 0 saturated heterocycles. The summed E-state index contributed by atoms with van der Waals surface area (Å²) in [5, 5.41) is 5.07. The molecule has 0 spiro atoms. The Labute approximate surface area is 99.4 Å². The smallest absolute Gasteiger partial charge is 0.157 e. The SMILES string of the molecule is CCCc1nc2cc(C3CC3)cc(Cl)n2n1. The number of halogens is 1. The first-order valence-corrected chi connectivity index (χ1v) is 6.21. The zero-order valence-corrected chi connectivity index (χ0v) is 10.0. The highest BCUT2D eigenvalue weighted by Gasteiger charge is 2.24. The van der Waals surface area contributed by atoms with Crippen LogP contribution in [0.4, 0.5) is 0 Å². The van der Waals surface area contributed by atoms with E-state index < -0.39 is 0 Å². The van der Waals surface area contributed by atoms with Gasteiger partial charge in [-0.3, -0.25) is 0 Å². The van der Waals surface area contributed by atoms with Crippen LogP contribution in [0.3, 0.4) is 0 Å². The molecule has 2 aromatic heterocycles. The van der Waals surface area contributed by atoms with Gasteiger partial charge in [-0.25, -0.2) is 9.50 Å². The molecule has 16 heavy (non-hydrogen) atoms. The van der Waals surface area contributed by atoms with Gasteiger partial charge >= 0.3 is 0 Å². The zero-order valence-electron chi connectivity index (χ0n) is 9.28. The van der Waals surface area contributed by atoms with E-state index in [1.165, 1.54) is 18.4 Å². The summed E-state index contributed by atoms with van der Waals surface area (Å²) in [6, 6.07) is 4.15. The molecule has 0 aliphatic heterocycles. The summed E-state index contributed by atoms with van der Waals surface area (Å²) in [6.45, 7) is 2.13. The lowest BCUT2D eigenvalue weighted by Crippen LogP contribution is -1.92. The Bertz CT molecular complexity index is 528. The van der Waals surface area contributed by atoms with Gasteiger partial charge in [-0.15, -0.1) is 5.10 Å². The Morgan fingerprint density at radius 1 is 1.44 bits per heavy atom. The van der Waals surface area contributed by atoms with Crippen LogP contribution in [0.1, 0.15) is 43.5 Å². The van der Waals surface area contributed by atoms with Crippen LogP contribution in [0, 0.1) is 0 Å². The van der Waals surface area contributed by atoms with Crippen molar-refractivity contribution in [3.63, 3.8) is 0 Å². The van der Waals surface area contributed by atoms with E-state index in [-0.39, 0.29) is 0 Å². The van der Waals surface area contributed by atoms with Crippen molar-refractivity contribution in [3.05, 3.63) is 28.7 Å². The molecule has 1 aliphatic carbocycles. The molecule has 2 aromatic rings. The fourth-order valence-corrected chi connectivity index (χ4v) is 2.24. The third kappa shape index (κ3) is 1.69. The second-order valence-corrected chi connectivity index (χ2v) is 4.82. The third-order valence-corrected chi connectivity index (χ3v) is 3.25. The van der Waals surface area contributed by atoms with Gasteiger partial charge in [0.2, 0.25) is 0 Å². The molecule has 1 saturated carbocycles. The van der Waals surface area contributed by atoms with E-state index in [9.17, 15) is 0 Å². The molecule has 3 rings (SSSR count). The van der Waals surface area contributed by atoms with Crippen LogP contribution >= 0.6 is 11.6 Å². The first-order valence-electron chi connectivity index (χ1n) is 5.83. The summed E-state index contributed by atoms with van der Waals surface area (Å²) in [7, 11) is 0. The first-order chi connectivity index (χ1) is 7.78. The molecule has 84 valence electrons. The molecular formula is C12H14ClN3. The Morgan fingerprint density at radius 3 is 2.94 bits per heavy atom. The minimum absolute atomic E-state index is 0.675. The summed E-state index contributed by atoms with van der Waals surface area (Å²) >= 11 is 6.21. The lowest BCUT2D eigenvalue weighted by molar-refractivity contribution is 0.818. The van der Waals surface area contributed by atoms with E-state index in [0.29, 0.717) is 11.1 Å². The quantitative estimate of drug-likeness (QED) is 0.765. The predicted octanol–water partition coefficient (Wildman–Crippen LogP) is 3.21. The van der Waals surface area contributed by atoms with E-state index in [2.05, 4.69) is 23.1 Å². The predicted molar refractivity (Wildman–Crippen MR) is 64.0 cm³/mol. The van der Waals surface area contributed by atoms with Crippen LogP contribution in [0.25, 0.3) is 5.65 Å². The molecule has 0 amide bonds. The van der Waals surface area contributed by atoms with Crippen LogP contribution in [0.5, 0.6) is 0 Å². The highest BCUT2D eigenvalue weighted by atomic mass is 35.5. The minimum Gasteiger partial charge on any atom is -0.212 e. The molecule has 2 heterocycles. The molecule has 1 fully saturated rings. The average Bonchev–Trinajstić information content (AvgIpc) is 3.01. The van der Waals surface area contributed by atoms with Crippen molar-refractivity contribution in [1.29, 1.82) is 0 Å². The second kappa shape index (κ2) is 3.74. The maximum Gasteiger partial charge on any atom is 0.157 e. The molecular weight excluding hydrogens is 222 g/mol. The lowest BCUT2D eigenvalue weighted by Gasteiger charge is -2.00. The van der Waals surface area contributed by atoms with Crippen molar-refractivity contribution < 1.29 is 0 Å². The minimum atomic E-state index is 0.675. The Kier molecular flexibility index (Phi) is 2.36. The fraction of sp³-hybridized carbons (Fsp3) is 0.500. The van der Waals surface area contributed by atoms with Crippen LogP contribution in [0.15, 0.2) is 12.1 Å². The van der Waals surface area contributed by atoms with Crippen molar-refractivity contribution in [1.82, 2.24) is 14.6 Å². The average molecular weight is 236 g/mol. The molecule has 3 nitrogen and oxygen atoms in total. The Hall–Kier alpha value is -1.09. The maximum absolute atomic E-state index is 6.21. The molecule has 0 bridgehead atoms. The first kappa shape index (κ1) is 10.1. The van der Waals surface area contributed by atoms with Gasteiger partial charge in [0.15, 0.2) is 11.5 Å². The van der Waals surface area contributed by atoms with Crippen molar-refractivity contribution in [2.45, 2.75) is 38.5 Å². The van der Waals surface area contributed by atoms with Gasteiger partial charge < -0.3 is 0 Å². The van der Waals surface area contributed by atoms with Crippen molar-refractivity contribution in [3.8, 4) is 0 Å². The van der Waals surface area contributed by atoms with Crippen LogP contribution in [0.2, 0.25) is 5.15 Å². The van der Waals surface area contributed by atoms with Gasteiger partial charge in [-0.2, -0.15) is 0 Å². The van der Waals surface area contributed by atoms with Crippen molar-refractivity contribution in [2.75, 3.05) is 0 Å². The highest BCUT2D eigenvalue weighted by molar-refractivity contribution is 6.29. The Morgan fingerprint density at radius 2 is 2.25 bits per heavy atom. The number of aromatic nitrogens is 3. The van der Waals surface area contributed by atoms with Gasteiger partial charge in [0.1, 0.15) is 5.15 Å². The zero-order chi connectivity index (χ0) is 11.1. The number of pyridine rings is 1. The molecule has 4 heteroatoms. The summed E-state index contributed by atoms with van der Waals surface area (Å²) < 4.78 is 1.73. The number of aryl methyl sites for hydroxylation is 1. The van der Waals surface area contributed by atoms with Gasteiger partial charge in [-0.05, 0) is 42.9 Å². The molecule has 0 unspecified atom stereocenters. The van der Waals surface area contributed by atoms with Gasteiger partial charge in [0, 0.05) is 6.42 Å². The van der Waals surface area contributed by atoms with E-state index in [4.69, 9.17) is 11.6 Å². The number of hydrogen-bond acceptors (Lipinski definition) is 2. The normalized spacial score (nSPS) is 15.9. The van der Waals surface area contributed by atoms with Gasteiger partial charge in [-0.1, -0.05) is 18.5 Å². The Balaban J connectivity index is 2.10. The summed E-state index contributed by atoms with van der Waals surface area (Å²) in [5.74, 6) is 1.59. The summed E-state index contributed by atoms with van der Waals surface area (Å²) in [5.41, 5.74) is 2.20. The third-order valence-electron chi connectivity index (χ3n) is 2.98. The number of fused-ring (bicyclic) bond motifs is 1. The summed E-state index contributed by atoms with van der Waals surface area (Å²) in [6.07, 6.45) is 4.53. The van der Waals surface area contributed by atoms with E-state index >= 15 is 0 Å². The topological polar surface area (TPSA) is 30.2 Å².